The monoisotopic (exact) mass is 851 g/mol. The minimum Gasteiger partial charge on any atom is -0.481 e. The normalized spacial score (nSPS) is 11.6. The first-order valence-electron chi connectivity index (χ1n) is 14.7. The Morgan fingerprint density at radius 3 is 1.72 bits per heavy atom. The molecule has 0 bridgehead atoms. The minimum atomic E-state index is -0.981. The number of rotatable bonds is 8. The van der Waals surface area contributed by atoms with E-state index in [-0.39, 0.29) is 31.2 Å². The predicted octanol–water partition coefficient (Wildman–Crippen LogP) is 6.46. The van der Waals surface area contributed by atoms with Gasteiger partial charge in [0.25, 0.3) is 0 Å². The van der Waals surface area contributed by atoms with E-state index in [0.717, 1.165) is 4.47 Å². The van der Waals surface area contributed by atoms with Crippen LogP contribution in [0.2, 0.25) is 0 Å². The Labute approximate surface area is 316 Å². The predicted molar refractivity (Wildman–Crippen MR) is 200 cm³/mol. The molecule has 0 saturated carbocycles. The standard InChI is InChI=1S/C16H21BrN2O5.C9H16O4.C8H8BrNO2.H2S/c1-9(18-15(22)24-16(2,3)4)13(20)19-12-7-6-10(17)8-11(12)14(21)23-5;1-6(8(11)12)5-7(10)13-9(2,3)4;1-12-8(11)6-4-5(9)2-3-7(6)10;/h6-9H,1-5H3,(H,18,22)(H,19,20);6H,5H2,1-4H3,(H,11,12);2-4H,10H2,1H3;1H2/t9-;6-;;/m11../s1. The van der Waals surface area contributed by atoms with Gasteiger partial charge in [0.2, 0.25) is 5.91 Å². The Bertz CT molecular complexity index is 1490. The van der Waals surface area contributed by atoms with E-state index in [2.05, 4.69) is 47.2 Å². The van der Waals surface area contributed by atoms with Gasteiger partial charge in [0.05, 0.1) is 43.4 Å². The first kappa shape index (κ1) is 48.3. The lowest BCUT2D eigenvalue weighted by atomic mass is 10.1. The van der Waals surface area contributed by atoms with Crippen LogP contribution >= 0.6 is 45.4 Å². The van der Waals surface area contributed by atoms with Gasteiger partial charge < -0.3 is 40.4 Å². The van der Waals surface area contributed by atoms with E-state index < -0.39 is 59.0 Å². The summed E-state index contributed by atoms with van der Waals surface area (Å²) in [5.41, 5.74) is 5.62. The fraction of sp³-hybridized carbons (Fsp3) is 0.455. The number of nitrogens with two attached hydrogens (primary N) is 1. The highest BCUT2D eigenvalue weighted by Crippen LogP contribution is 2.22. The zero-order valence-electron chi connectivity index (χ0n) is 29.7. The van der Waals surface area contributed by atoms with E-state index in [4.69, 9.17) is 25.1 Å². The first-order valence-corrected chi connectivity index (χ1v) is 16.3. The van der Waals surface area contributed by atoms with Gasteiger partial charge in [-0.15, -0.1) is 0 Å². The van der Waals surface area contributed by atoms with Crippen molar-refractivity contribution in [3.63, 3.8) is 0 Å². The highest BCUT2D eigenvalue weighted by Gasteiger charge is 2.23. The number of hydrogen-bond donors (Lipinski definition) is 4. The number of halogens is 2. The molecule has 14 nitrogen and oxygen atoms in total. The zero-order valence-corrected chi connectivity index (χ0v) is 33.9. The fourth-order valence-corrected chi connectivity index (χ4v) is 3.95. The molecule has 0 aliphatic heterocycles. The van der Waals surface area contributed by atoms with Crippen LogP contribution in [0.1, 0.15) is 82.5 Å². The molecule has 5 N–H and O–H groups in total. The van der Waals surface area contributed by atoms with Crippen molar-refractivity contribution in [3.05, 3.63) is 56.5 Å². The van der Waals surface area contributed by atoms with Crippen molar-refractivity contribution in [2.24, 2.45) is 5.92 Å². The van der Waals surface area contributed by atoms with Gasteiger partial charge in [-0.25, -0.2) is 14.4 Å². The molecule has 0 aliphatic rings. The molecule has 0 aliphatic carbocycles. The number of alkyl carbamates (subject to hydrolysis) is 1. The number of carboxylic acid groups (broad SMARTS) is 1. The molecule has 280 valence electrons. The quantitative estimate of drug-likeness (QED) is 0.128. The van der Waals surface area contributed by atoms with E-state index in [1.807, 2.05) is 0 Å². The Morgan fingerprint density at radius 2 is 1.26 bits per heavy atom. The summed E-state index contributed by atoms with van der Waals surface area (Å²) in [5.74, 6) is -3.63. The molecule has 0 unspecified atom stereocenters. The summed E-state index contributed by atoms with van der Waals surface area (Å²) in [7, 11) is 2.57. The third-order valence-corrected chi connectivity index (χ3v) is 6.49. The molecule has 17 heteroatoms. The lowest BCUT2D eigenvalue weighted by Crippen LogP contribution is -2.44. The summed E-state index contributed by atoms with van der Waals surface area (Å²) >= 11 is 6.49. The molecule has 50 heavy (non-hydrogen) atoms. The van der Waals surface area contributed by atoms with Crippen LogP contribution in [0.25, 0.3) is 0 Å². The second-order valence-electron chi connectivity index (χ2n) is 12.3. The molecule has 2 amide bonds. The number of nitrogen functional groups attached to an aromatic ring is 1. The molecular weight excluding hydrogens is 806 g/mol. The SMILES string of the molecule is COC(=O)c1cc(Br)ccc1N.COC(=O)c1cc(Br)ccc1NC(=O)[C@@H](C)NC(=O)OC(C)(C)C.C[C@H](CC(=O)OC(C)(C)C)C(=O)O.S. The number of carbonyl (C=O) groups is 6. The van der Waals surface area contributed by atoms with Gasteiger partial charge in [0.1, 0.15) is 17.2 Å². The van der Waals surface area contributed by atoms with E-state index in [0.29, 0.717) is 15.7 Å². The summed E-state index contributed by atoms with van der Waals surface area (Å²) in [5, 5.41) is 13.5. The summed E-state index contributed by atoms with van der Waals surface area (Å²) in [4.78, 5) is 68.2. The van der Waals surface area contributed by atoms with Crippen LogP contribution in [-0.4, -0.2) is 72.4 Å². The second-order valence-corrected chi connectivity index (χ2v) is 14.1. The first-order chi connectivity index (χ1) is 22.4. The van der Waals surface area contributed by atoms with Crippen LogP contribution in [0, 0.1) is 5.92 Å². The maximum atomic E-state index is 12.2. The minimum absolute atomic E-state index is 0. The van der Waals surface area contributed by atoms with Gasteiger partial charge in [-0.3, -0.25) is 14.4 Å². The number of carboxylic acids is 1. The summed E-state index contributed by atoms with van der Waals surface area (Å²) in [6.07, 6.45) is -0.777. The maximum absolute atomic E-state index is 12.2. The molecule has 0 aromatic heterocycles. The van der Waals surface area contributed by atoms with Gasteiger partial charge in [0.15, 0.2) is 0 Å². The molecule has 2 aromatic rings. The average Bonchev–Trinajstić information content (AvgIpc) is 2.96. The number of esters is 3. The van der Waals surface area contributed by atoms with E-state index in [1.54, 1.807) is 71.9 Å². The number of carbonyl (C=O) groups excluding carboxylic acids is 5. The Hall–Kier alpha value is -3.83. The molecule has 2 aromatic carbocycles. The van der Waals surface area contributed by atoms with E-state index in [9.17, 15) is 28.8 Å². The number of benzene rings is 2. The van der Waals surface area contributed by atoms with Crippen molar-refractivity contribution in [1.29, 1.82) is 0 Å². The third kappa shape index (κ3) is 20.0. The Morgan fingerprint density at radius 1 is 0.800 bits per heavy atom. The van der Waals surface area contributed by atoms with Crippen molar-refractivity contribution in [2.75, 3.05) is 25.3 Å². The molecule has 0 spiro atoms. The third-order valence-electron chi connectivity index (χ3n) is 5.51. The molecule has 0 heterocycles. The van der Waals surface area contributed by atoms with Crippen LogP contribution in [0.4, 0.5) is 16.2 Å². The topological polar surface area (TPSA) is 210 Å². The lowest BCUT2D eigenvalue weighted by molar-refractivity contribution is -0.159. The summed E-state index contributed by atoms with van der Waals surface area (Å²) < 4.78 is 20.7. The summed E-state index contributed by atoms with van der Waals surface area (Å²) in [6.45, 7) is 13.4. The Kier molecular flexibility index (Phi) is 21.3. The number of nitrogens with one attached hydrogen (secondary N) is 2. The molecule has 0 fully saturated rings. The molecule has 2 rings (SSSR count). The van der Waals surface area contributed by atoms with Crippen LogP contribution in [0.5, 0.6) is 0 Å². The largest absolute Gasteiger partial charge is 0.481 e. The molecule has 2 atom stereocenters. The number of anilines is 2. The molecular formula is C33H47Br2N3O11S. The van der Waals surface area contributed by atoms with Crippen molar-refractivity contribution in [2.45, 2.75) is 79.1 Å². The van der Waals surface area contributed by atoms with Gasteiger partial charge in [-0.2, -0.15) is 13.5 Å². The average molecular weight is 854 g/mol. The number of methoxy groups -OCH3 is 2. The Balaban J connectivity index is 0. The van der Waals surface area contributed by atoms with Gasteiger partial charge in [-0.1, -0.05) is 38.8 Å². The van der Waals surface area contributed by atoms with Gasteiger partial charge in [-0.05, 0) is 84.9 Å². The highest BCUT2D eigenvalue weighted by atomic mass is 79.9. The second kappa shape index (κ2) is 22.1. The fourth-order valence-electron chi connectivity index (χ4n) is 3.23. The smallest absolute Gasteiger partial charge is 0.408 e. The van der Waals surface area contributed by atoms with Crippen molar-refractivity contribution in [1.82, 2.24) is 5.32 Å². The number of amides is 2. The van der Waals surface area contributed by atoms with Gasteiger partial charge >= 0.3 is 30.0 Å². The number of ether oxygens (including phenoxy) is 4. The van der Waals surface area contributed by atoms with E-state index >= 15 is 0 Å². The lowest BCUT2D eigenvalue weighted by Gasteiger charge is -2.22. The number of aliphatic carboxylic acids is 1. The van der Waals surface area contributed by atoms with Crippen LogP contribution < -0.4 is 16.4 Å². The maximum Gasteiger partial charge on any atom is 0.408 e. The van der Waals surface area contributed by atoms with Crippen LogP contribution in [0.3, 0.4) is 0 Å². The zero-order chi connectivity index (χ0) is 38.3. The highest BCUT2D eigenvalue weighted by molar-refractivity contribution is 9.10. The van der Waals surface area contributed by atoms with Crippen LogP contribution in [-0.2, 0) is 33.3 Å². The number of hydrogen-bond acceptors (Lipinski definition) is 11. The van der Waals surface area contributed by atoms with Gasteiger partial charge in [0, 0.05) is 14.6 Å². The van der Waals surface area contributed by atoms with E-state index in [1.165, 1.54) is 34.1 Å². The molecule has 0 radical (unpaired) electrons. The van der Waals surface area contributed by atoms with Crippen molar-refractivity contribution < 1.29 is 52.8 Å². The van der Waals surface area contributed by atoms with Crippen LogP contribution in [0.15, 0.2) is 45.3 Å². The van der Waals surface area contributed by atoms with Crippen molar-refractivity contribution in [3.8, 4) is 0 Å². The molecule has 0 saturated heterocycles. The summed E-state index contributed by atoms with van der Waals surface area (Å²) in [6, 6.07) is 8.96. The van der Waals surface area contributed by atoms with Crippen molar-refractivity contribution >= 4 is 92.6 Å².